The van der Waals surface area contributed by atoms with Crippen LogP contribution in [0.5, 0.6) is 0 Å². The Bertz CT molecular complexity index is 409. The third kappa shape index (κ3) is 4.14. The molecule has 0 aliphatic rings. The van der Waals surface area contributed by atoms with Crippen molar-refractivity contribution in [2.24, 2.45) is 5.92 Å². The van der Waals surface area contributed by atoms with Gasteiger partial charge in [-0.25, -0.2) is 9.78 Å². The maximum absolute atomic E-state index is 11.4. The molecule has 2 atom stereocenters. The van der Waals surface area contributed by atoms with Crippen LogP contribution in [0.2, 0.25) is 5.15 Å². The number of nitrogens with zero attached hydrogens (tertiary/aromatic N) is 1. The van der Waals surface area contributed by atoms with E-state index in [2.05, 4.69) is 35.8 Å². The van der Waals surface area contributed by atoms with Crippen LogP contribution in [0.15, 0.2) is 0 Å². The van der Waals surface area contributed by atoms with Crippen molar-refractivity contribution in [1.29, 1.82) is 0 Å². The Morgan fingerprint density at radius 3 is 2.78 bits per heavy atom. The maximum Gasteiger partial charge on any atom is 0.351 e. The third-order valence-electron chi connectivity index (χ3n) is 2.78. The SMILES string of the molecule is CCC(C)CC(C)Nc1nc(Cl)c(C(=O)OC)s1. The molecule has 2 unspecified atom stereocenters. The minimum absolute atomic E-state index is 0.199. The molecule has 0 spiro atoms. The molecule has 1 aromatic heterocycles. The Balaban J connectivity index is 2.65. The summed E-state index contributed by atoms with van der Waals surface area (Å²) in [5, 5.41) is 4.12. The molecule has 0 saturated carbocycles. The summed E-state index contributed by atoms with van der Waals surface area (Å²) in [5.74, 6) is 0.211. The minimum Gasteiger partial charge on any atom is -0.465 e. The van der Waals surface area contributed by atoms with Crippen LogP contribution in [-0.2, 0) is 4.74 Å². The van der Waals surface area contributed by atoms with E-state index in [1.54, 1.807) is 0 Å². The van der Waals surface area contributed by atoms with Gasteiger partial charge >= 0.3 is 5.97 Å². The quantitative estimate of drug-likeness (QED) is 0.809. The van der Waals surface area contributed by atoms with Crippen LogP contribution in [0, 0.1) is 5.92 Å². The smallest absolute Gasteiger partial charge is 0.351 e. The van der Waals surface area contributed by atoms with E-state index in [0.717, 1.165) is 12.8 Å². The number of methoxy groups -OCH3 is 1. The standard InChI is InChI=1S/C12H19ClN2O2S/c1-5-7(2)6-8(3)14-12-15-10(13)9(18-12)11(16)17-4/h7-8H,5-6H2,1-4H3,(H,14,15). The van der Waals surface area contributed by atoms with Crippen LogP contribution in [0.25, 0.3) is 0 Å². The van der Waals surface area contributed by atoms with Gasteiger partial charge in [-0.1, -0.05) is 43.2 Å². The number of hydrogen-bond donors (Lipinski definition) is 1. The third-order valence-corrected chi connectivity index (χ3v) is 4.13. The van der Waals surface area contributed by atoms with E-state index in [4.69, 9.17) is 11.6 Å². The van der Waals surface area contributed by atoms with Gasteiger partial charge in [-0.05, 0) is 19.3 Å². The largest absolute Gasteiger partial charge is 0.465 e. The van der Waals surface area contributed by atoms with Gasteiger partial charge in [-0.15, -0.1) is 0 Å². The van der Waals surface area contributed by atoms with Crippen molar-refractivity contribution >= 4 is 34.0 Å². The van der Waals surface area contributed by atoms with Gasteiger partial charge in [0.15, 0.2) is 15.2 Å². The molecule has 0 amide bonds. The number of carbonyl (C=O) groups is 1. The zero-order chi connectivity index (χ0) is 13.7. The molecule has 0 aromatic carbocycles. The van der Waals surface area contributed by atoms with E-state index in [-0.39, 0.29) is 5.15 Å². The normalized spacial score (nSPS) is 14.1. The fraction of sp³-hybridized carbons (Fsp3) is 0.667. The molecule has 1 aromatic rings. The van der Waals surface area contributed by atoms with E-state index < -0.39 is 5.97 Å². The molecule has 18 heavy (non-hydrogen) atoms. The summed E-state index contributed by atoms with van der Waals surface area (Å²) in [4.78, 5) is 15.9. The number of ether oxygens (including phenoxy) is 1. The zero-order valence-corrected chi connectivity index (χ0v) is 12.7. The molecule has 6 heteroatoms. The van der Waals surface area contributed by atoms with Crippen molar-refractivity contribution in [3.8, 4) is 0 Å². The van der Waals surface area contributed by atoms with Gasteiger partial charge in [0, 0.05) is 6.04 Å². The summed E-state index contributed by atoms with van der Waals surface area (Å²) in [6.07, 6.45) is 2.21. The van der Waals surface area contributed by atoms with Crippen molar-refractivity contribution in [1.82, 2.24) is 4.98 Å². The average molecular weight is 291 g/mol. The number of hydrogen-bond acceptors (Lipinski definition) is 5. The number of rotatable bonds is 6. The molecular weight excluding hydrogens is 272 g/mol. The molecule has 0 radical (unpaired) electrons. The lowest BCUT2D eigenvalue weighted by Crippen LogP contribution is -2.17. The molecule has 0 fully saturated rings. The highest BCUT2D eigenvalue weighted by atomic mass is 35.5. The first-order chi connectivity index (χ1) is 8.47. The molecule has 0 aliphatic carbocycles. The van der Waals surface area contributed by atoms with Crippen LogP contribution >= 0.6 is 22.9 Å². The highest BCUT2D eigenvalue weighted by molar-refractivity contribution is 7.18. The molecule has 0 aliphatic heterocycles. The number of aromatic nitrogens is 1. The van der Waals surface area contributed by atoms with Gasteiger partial charge < -0.3 is 10.1 Å². The van der Waals surface area contributed by atoms with E-state index in [1.165, 1.54) is 18.4 Å². The Hall–Kier alpha value is -0.810. The Morgan fingerprint density at radius 1 is 1.56 bits per heavy atom. The summed E-state index contributed by atoms with van der Waals surface area (Å²) in [6, 6.07) is 0.299. The predicted molar refractivity (Wildman–Crippen MR) is 75.6 cm³/mol. The van der Waals surface area contributed by atoms with Crippen LogP contribution in [0.4, 0.5) is 5.13 Å². The first-order valence-electron chi connectivity index (χ1n) is 5.99. The van der Waals surface area contributed by atoms with Crippen LogP contribution in [0.1, 0.15) is 43.3 Å². The molecular formula is C12H19ClN2O2S. The molecule has 1 N–H and O–H groups in total. The summed E-state index contributed by atoms with van der Waals surface area (Å²) in [6.45, 7) is 6.49. The number of carbonyl (C=O) groups excluding carboxylic acids is 1. The van der Waals surface area contributed by atoms with E-state index in [1.807, 2.05) is 0 Å². The zero-order valence-electron chi connectivity index (χ0n) is 11.1. The predicted octanol–water partition coefficient (Wildman–Crippen LogP) is 3.82. The lowest BCUT2D eigenvalue weighted by molar-refractivity contribution is 0.0606. The first-order valence-corrected chi connectivity index (χ1v) is 7.18. The van der Waals surface area contributed by atoms with Crippen molar-refractivity contribution in [2.75, 3.05) is 12.4 Å². The number of nitrogens with one attached hydrogen (secondary N) is 1. The van der Waals surface area contributed by atoms with Crippen molar-refractivity contribution in [3.05, 3.63) is 10.0 Å². The van der Waals surface area contributed by atoms with Gasteiger partial charge in [0.1, 0.15) is 0 Å². The van der Waals surface area contributed by atoms with Crippen LogP contribution in [-0.4, -0.2) is 24.1 Å². The second-order valence-corrected chi connectivity index (χ2v) is 5.78. The molecule has 0 bridgehead atoms. The van der Waals surface area contributed by atoms with Crippen molar-refractivity contribution < 1.29 is 9.53 Å². The van der Waals surface area contributed by atoms with Gasteiger partial charge in [0.25, 0.3) is 0 Å². The fourth-order valence-electron chi connectivity index (χ4n) is 1.62. The highest BCUT2D eigenvalue weighted by Gasteiger charge is 2.18. The molecule has 4 nitrogen and oxygen atoms in total. The molecule has 102 valence electrons. The lowest BCUT2D eigenvalue weighted by atomic mass is 10.0. The number of anilines is 1. The van der Waals surface area contributed by atoms with E-state index in [9.17, 15) is 4.79 Å². The van der Waals surface area contributed by atoms with Gasteiger partial charge in [0.2, 0.25) is 0 Å². The average Bonchev–Trinajstić information content (AvgIpc) is 2.68. The summed E-state index contributed by atoms with van der Waals surface area (Å²) >= 11 is 7.12. The topological polar surface area (TPSA) is 51.2 Å². The number of halogens is 1. The Morgan fingerprint density at radius 2 is 2.22 bits per heavy atom. The van der Waals surface area contributed by atoms with Gasteiger partial charge in [-0.2, -0.15) is 0 Å². The summed E-state index contributed by atoms with van der Waals surface area (Å²) in [5.41, 5.74) is 0. The first kappa shape index (κ1) is 15.2. The minimum atomic E-state index is -0.444. The van der Waals surface area contributed by atoms with Crippen molar-refractivity contribution in [2.45, 2.75) is 39.7 Å². The fourth-order valence-corrected chi connectivity index (χ4v) is 2.84. The lowest BCUT2D eigenvalue weighted by Gasteiger charge is -2.16. The monoisotopic (exact) mass is 290 g/mol. The van der Waals surface area contributed by atoms with Crippen LogP contribution < -0.4 is 5.32 Å². The Labute approximate surface area is 117 Å². The van der Waals surface area contributed by atoms with E-state index in [0.29, 0.717) is 22.0 Å². The summed E-state index contributed by atoms with van der Waals surface area (Å²) < 4.78 is 4.64. The maximum atomic E-state index is 11.4. The van der Waals surface area contributed by atoms with Gasteiger partial charge in [0.05, 0.1) is 7.11 Å². The molecule has 1 heterocycles. The molecule has 1 rings (SSSR count). The number of thiazole rings is 1. The van der Waals surface area contributed by atoms with E-state index >= 15 is 0 Å². The van der Waals surface area contributed by atoms with Gasteiger partial charge in [-0.3, -0.25) is 0 Å². The summed E-state index contributed by atoms with van der Waals surface area (Å²) in [7, 11) is 1.33. The Kier molecular flexibility index (Phi) is 5.88. The number of esters is 1. The second kappa shape index (κ2) is 6.95. The van der Waals surface area contributed by atoms with Crippen molar-refractivity contribution in [3.63, 3.8) is 0 Å². The molecule has 0 saturated heterocycles. The van der Waals surface area contributed by atoms with Crippen LogP contribution in [0.3, 0.4) is 0 Å². The highest BCUT2D eigenvalue weighted by Crippen LogP contribution is 2.28. The second-order valence-electron chi connectivity index (χ2n) is 4.43.